The molecule has 0 saturated carbocycles. The molecule has 1 aromatic heterocycles. The summed E-state index contributed by atoms with van der Waals surface area (Å²) in [4.78, 5) is 1.21. The van der Waals surface area contributed by atoms with Crippen molar-refractivity contribution in [1.82, 2.24) is 0 Å². The molecule has 0 spiro atoms. The third kappa shape index (κ3) is 2.85. The summed E-state index contributed by atoms with van der Waals surface area (Å²) in [7, 11) is 1.84. The van der Waals surface area contributed by atoms with E-state index in [2.05, 4.69) is 12.1 Å². The van der Waals surface area contributed by atoms with Gasteiger partial charge in [0.05, 0.1) is 0 Å². The third-order valence-corrected chi connectivity index (χ3v) is 4.04. The van der Waals surface area contributed by atoms with Crippen molar-refractivity contribution in [2.45, 2.75) is 4.90 Å². The molecule has 0 unspecified atom stereocenters. The summed E-state index contributed by atoms with van der Waals surface area (Å²) in [5.74, 6) is 0.550. The van der Waals surface area contributed by atoms with Crippen LogP contribution in [0.25, 0.3) is 22.5 Å². The van der Waals surface area contributed by atoms with Crippen molar-refractivity contribution in [1.29, 1.82) is 0 Å². The van der Waals surface area contributed by atoms with Crippen LogP contribution in [0.1, 0.15) is 0 Å². The van der Waals surface area contributed by atoms with Gasteiger partial charge in [0.15, 0.2) is 7.05 Å². The summed E-state index contributed by atoms with van der Waals surface area (Å²) in [5.41, 5.74) is 2.90. The van der Waals surface area contributed by atoms with Crippen LogP contribution in [0.3, 0.4) is 0 Å². The van der Waals surface area contributed by atoms with Crippen LogP contribution < -0.4 is 4.74 Å². The number of thioether (sulfide) groups is 1. The fourth-order valence-corrected chi connectivity index (χ4v) is 2.65. The highest BCUT2D eigenvalue weighted by Crippen LogP contribution is 2.32. The van der Waals surface area contributed by atoms with Crippen LogP contribution in [0, 0.1) is 5.82 Å². The molecule has 0 atom stereocenters. The molecule has 0 aliphatic rings. The lowest BCUT2D eigenvalue weighted by molar-refractivity contribution is -0.843. The number of nitrogens with zero attached hydrogens (tertiary/aromatic N) is 1. The zero-order valence-electron chi connectivity index (χ0n) is 11.8. The summed E-state index contributed by atoms with van der Waals surface area (Å²) in [6, 6.07) is 14.7. The van der Waals surface area contributed by atoms with Gasteiger partial charge in [-0.05, 0) is 53.0 Å². The Labute approximate surface area is 127 Å². The minimum absolute atomic E-state index is 0.238. The fraction of sp³-hybridized carbons (Fsp3) is 0.118. The molecule has 0 radical (unpaired) electrons. The van der Waals surface area contributed by atoms with Crippen molar-refractivity contribution >= 4 is 11.8 Å². The lowest BCUT2D eigenvalue weighted by atomic mass is 10.0. The zero-order valence-corrected chi connectivity index (χ0v) is 12.7. The Bertz CT molecular complexity index is 747. The van der Waals surface area contributed by atoms with Gasteiger partial charge >= 0.3 is 0 Å². The van der Waals surface area contributed by atoms with E-state index in [1.807, 2.05) is 31.6 Å². The molecule has 1 heterocycles. The van der Waals surface area contributed by atoms with Crippen molar-refractivity contribution in [3.8, 4) is 22.5 Å². The molecule has 3 aromatic rings. The second-order valence-electron chi connectivity index (χ2n) is 4.74. The van der Waals surface area contributed by atoms with Gasteiger partial charge < -0.3 is 0 Å². The van der Waals surface area contributed by atoms with E-state index in [4.69, 9.17) is 4.52 Å². The van der Waals surface area contributed by atoms with Crippen LogP contribution in [0.15, 0.2) is 64.1 Å². The number of aromatic nitrogens is 1. The van der Waals surface area contributed by atoms with Crippen molar-refractivity contribution in [3.05, 3.63) is 60.5 Å². The second kappa shape index (κ2) is 5.74. The van der Waals surface area contributed by atoms with Gasteiger partial charge in [-0.2, -0.15) is 0 Å². The quantitative estimate of drug-likeness (QED) is 0.530. The van der Waals surface area contributed by atoms with Gasteiger partial charge in [0, 0.05) is 10.5 Å². The monoisotopic (exact) mass is 300 g/mol. The van der Waals surface area contributed by atoms with Crippen LogP contribution in [-0.2, 0) is 7.05 Å². The molecule has 4 heteroatoms. The van der Waals surface area contributed by atoms with E-state index in [0.29, 0.717) is 0 Å². The number of benzene rings is 2. The van der Waals surface area contributed by atoms with Crippen LogP contribution in [0.2, 0.25) is 0 Å². The van der Waals surface area contributed by atoms with Crippen LogP contribution in [-0.4, -0.2) is 6.26 Å². The molecular formula is C17H15FNOS+. The van der Waals surface area contributed by atoms with E-state index in [0.717, 1.165) is 22.5 Å². The first-order chi connectivity index (χ1) is 10.2. The number of aryl methyl sites for hydroxylation is 1. The number of hydrogen-bond acceptors (Lipinski definition) is 2. The highest BCUT2D eigenvalue weighted by atomic mass is 32.2. The first-order valence-electron chi connectivity index (χ1n) is 6.57. The Balaban J connectivity index is 2.08. The topological polar surface area (TPSA) is 17.0 Å². The zero-order chi connectivity index (χ0) is 14.8. The summed E-state index contributed by atoms with van der Waals surface area (Å²) < 4.78 is 20.5. The lowest BCUT2D eigenvalue weighted by Crippen LogP contribution is -2.22. The van der Waals surface area contributed by atoms with Crippen LogP contribution in [0.4, 0.5) is 4.39 Å². The van der Waals surface area contributed by atoms with Crippen molar-refractivity contribution < 1.29 is 13.7 Å². The minimum atomic E-state index is -0.238. The molecule has 0 aliphatic heterocycles. The molecule has 2 nitrogen and oxygen atoms in total. The lowest BCUT2D eigenvalue weighted by Gasteiger charge is -2.01. The number of hydrogen-bond donors (Lipinski definition) is 0. The molecule has 0 amide bonds. The van der Waals surface area contributed by atoms with E-state index >= 15 is 0 Å². The van der Waals surface area contributed by atoms with E-state index in [1.54, 1.807) is 28.6 Å². The Morgan fingerprint density at radius 2 is 1.57 bits per heavy atom. The van der Waals surface area contributed by atoms with E-state index in [-0.39, 0.29) is 5.82 Å². The molecule has 0 bridgehead atoms. The Kier molecular flexibility index (Phi) is 3.80. The molecule has 0 N–H and O–H groups in total. The van der Waals surface area contributed by atoms with Gasteiger partial charge in [0.2, 0.25) is 12.0 Å². The molecule has 106 valence electrons. The van der Waals surface area contributed by atoms with E-state index < -0.39 is 0 Å². The highest BCUT2D eigenvalue weighted by molar-refractivity contribution is 7.98. The molecule has 21 heavy (non-hydrogen) atoms. The number of halogens is 1. The Hall–Kier alpha value is -2.07. The van der Waals surface area contributed by atoms with Gasteiger partial charge in [0.1, 0.15) is 11.4 Å². The predicted molar refractivity (Wildman–Crippen MR) is 82.5 cm³/mol. The molecular weight excluding hydrogens is 285 g/mol. The number of rotatable bonds is 3. The molecule has 2 aromatic carbocycles. The summed E-state index contributed by atoms with van der Waals surface area (Å²) >= 11 is 1.70. The normalized spacial score (nSPS) is 10.8. The minimum Gasteiger partial charge on any atom is -0.236 e. The maximum atomic E-state index is 13.1. The van der Waals surface area contributed by atoms with Crippen molar-refractivity contribution in [2.24, 2.45) is 7.05 Å². The van der Waals surface area contributed by atoms with Gasteiger partial charge in [-0.25, -0.2) is 8.91 Å². The van der Waals surface area contributed by atoms with E-state index in [1.165, 1.54) is 17.0 Å². The average molecular weight is 300 g/mol. The molecule has 0 saturated heterocycles. The molecule has 0 aliphatic carbocycles. The first kappa shape index (κ1) is 13.9. The standard InChI is InChI=1S/C17H15FNOS/c1-19-11-16(12-3-7-14(18)8-4-12)17(20-19)13-5-9-15(21-2)10-6-13/h3-11H,1-2H3/q+1. The summed E-state index contributed by atoms with van der Waals surface area (Å²) in [5, 5.41) is 0. The largest absolute Gasteiger partial charge is 0.236 e. The van der Waals surface area contributed by atoms with Gasteiger partial charge in [-0.3, -0.25) is 0 Å². The molecule has 3 rings (SSSR count). The smallest absolute Gasteiger partial charge is 0.227 e. The maximum absolute atomic E-state index is 13.1. The van der Waals surface area contributed by atoms with Gasteiger partial charge in [-0.1, -0.05) is 12.1 Å². The van der Waals surface area contributed by atoms with E-state index in [9.17, 15) is 4.39 Å². The molecule has 0 fully saturated rings. The van der Waals surface area contributed by atoms with Crippen molar-refractivity contribution in [2.75, 3.05) is 6.26 Å². The summed E-state index contributed by atoms with van der Waals surface area (Å²) in [6.07, 6.45) is 3.96. The predicted octanol–water partition coefficient (Wildman–Crippen LogP) is 4.30. The SMILES string of the molecule is CSc1ccc(-c2o[n+](C)cc2-c2ccc(F)cc2)cc1. The average Bonchev–Trinajstić information content (AvgIpc) is 2.90. The van der Waals surface area contributed by atoms with Crippen LogP contribution >= 0.6 is 11.8 Å². The van der Waals surface area contributed by atoms with Crippen LogP contribution in [0.5, 0.6) is 0 Å². The van der Waals surface area contributed by atoms with Gasteiger partial charge in [-0.15, -0.1) is 11.8 Å². The first-order valence-corrected chi connectivity index (χ1v) is 7.80. The van der Waals surface area contributed by atoms with Gasteiger partial charge in [0.25, 0.3) is 0 Å². The third-order valence-electron chi connectivity index (χ3n) is 3.30. The summed E-state index contributed by atoms with van der Waals surface area (Å²) in [6.45, 7) is 0. The fourth-order valence-electron chi connectivity index (χ4n) is 2.25. The maximum Gasteiger partial charge on any atom is 0.227 e. The Morgan fingerprint density at radius 1 is 0.952 bits per heavy atom. The van der Waals surface area contributed by atoms with Crippen molar-refractivity contribution in [3.63, 3.8) is 0 Å². The Morgan fingerprint density at radius 3 is 2.19 bits per heavy atom. The highest BCUT2D eigenvalue weighted by Gasteiger charge is 2.19. The second-order valence-corrected chi connectivity index (χ2v) is 5.62.